The first kappa shape index (κ1) is 13.1. The summed E-state index contributed by atoms with van der Waals surface area (Å²) in [5, 5.41) is 5.42. The van der Waals surface area contributed by atoms with E-state index in [1.807, 2.05) is 0 Å². The number of hydrogen-bond donors (Lipinski definition) is 2. The van der Waals surface area contributed by atoms with Crippen LogP contribution in [-0.4, -0.2) is 24.4 Å². The maximum atomic E-state index is 11.6. The van der Waals surface area contributed by atoms with Gasteiger partial charge in [-0.05, 0) is 40.9 Å². The second-order valence-electron chi connectivity index (χ2n) is 4.34. The number of nitrogens with one attached hydrogen (secondary N) is 2. The van der Waals surface area contributed by atoms with Crippen molar-refractivity contribution in [1.29, 1.82) is 0 Å². The number of hydrogen-bond acceptors (Lipinski definition) is 3. The van der Waals surface area contributed by atoms with Crippen LogP contribution in [0, 0.1) is 0 Å². The van der Waals surface area contributed by atoms with Gasteiger partial charge in [0, 0.05) is 6.04 Å². The number of halogens is 1. The van der Waals surface area contributed by atoms with Gasteiger partial charge in [0.2, 0.25) is 5.91 Å². The largest absolute Gasteiger partial charge is 0.444 e. The maximum absolute atomic E-state index is 11.6. The van der Waals surface area contributed by atoms with Gasteiger partial charge in [-0.2, -0.15) is 0 Å². The zero-order valence-electron chi connectivity index (χ0n) is 9.87. The van der Waals surface area contributed by atoms with Crippen LogP contribution < -0.4 is 10.6 Å². The van der Waals surface area contributed by atoms with E-state index in [0.717, 1.165) is 25.7 Å². The van der Waals surface area contributed by atoms with Gasteiger partial charge in [0.25, 0.3) is 5.91 Å². The topological polar surface area (TPSA) is 71.3 Å². The van der Waals surface area contributed by atoms with Crippen molar-refractivity contribution in [3.8, 4) is 0 Å². The Morgan fingerprint density at radius 2 is 2.06 bits per heavy atom. The van der Waals surface area contributed by atoms with Crippen molar-refractivity contribution in [3.05, 3.63) is 22.6 Å². The lowest BCUT2D eigenvalue weighted by atomic mass is 10.2. The van der Waals surface area contributed by atoms with Gasteiger partial charge in [-0.15, -0.1) is 0 Å². The summed E-state index contributed by atoms with van der Waals surface area (Å²) in [7, 11) is 0. The van der Waals surface area contributed by atoms with Crippen molar-refractivity contribution in [2.75, 3.05) is 6.54 Å². The van der Waals surface area contributed by atoms with Crippen molar-refractivity contribution in [1.82, 2.24) is 10.6 Å². The third kappa shape index (κ3) is 3.60. The van der Waals surface area contributed by atoms with Crippen LogP contribution in [0.25, 0.3) is 0 Å². The van der Waals surface area contributed by atoms with Crippen molar-refractivity contribution < 1.29 is 14.0 Å². The first-order chi connectivity index (χ1) is 8.65. The number of carbonyl (C=O) groups excluding carboxylic acids is 2. The fourth-order valence-corrected chi connectivity index (χ4v) is 2.34. The highest BCUT2D eigenvalue weighted by Gasteiger charge is 2.18. The molecule has 0 aromatic carbocycles. The van der Waals surface area contributed by atoms with Crippen molar-refractivity contribution in [3.63, 3.8) is 0 Å². The van der Waals surface area contributed by atoms with E-state index >= 15 is 0 Å². The van der Waals surface area contributed by atoms with Gasteiger partial charge in [-0.25, -0.2) is 0 Å². The average Bonchev–Trinajstić information content (AvgIpc) is 2.97. The molecule has 0 atom stereocenters. The van der Waals surface area contributed by atoms with Crippen molar-refractivity contribution in [2.45, 2.75) is 31.7 Å². The lowest BCUT2D eigenvalue weighted by Gasteiger charge is -2.11. The summed E-state index contributed by atoms with van der Waals surface area (Å²) in [6.07, 6.45) is 4.39. The highest BCUT2D eigenvalue weighted by molar-refractivity contribution is 9.10. The molecule has 0 unspecified atom stereocenters. The monoisotopic (exact) mass is 314 g/mol. The van der Waals surface area contributed by atoms with E-state index in [1.165, 1.54) is 0 Å². The Morgan fingerprint density at radius 3 is 2.67 bits per heavy atom. The molecule has 0 saturated heterocycles. The van der Waals surface area contributed by atoms with Crippen LogP contribution >= 0.6 is 15.9 Å². The Kier molecular flexibility index (Phi) is 4.41. The van der Waals surface area contributed by atoms with Crippen LogP contribution in [0.5, 0.6) is 0 Å². The first-order valence-corrected chi connectivity index (χ1v) is 6.77. The first-order valence-electron chi connectivity index (χ1n) is 5.98. The molecule has 2 rings (SSSR count). The lowest BCUT2D eigenvalue weighted by molar-refractivity contribution is -0.120. The number of amides is 2. The molecular formula is C12H15BrN2O3. The molecule has 0 radical (unpaired) electrons. The van der Waals surface area contributed by atoms with Gasteiger partial charge in [0.1, 0.15) is 0 Å². The minimum atomic E-state index is -0.387. The molecule has 0 spiro atoms. The van der Waals surface area contributed by atoms with Crippen LogP contribution in [0.4, 0.5) is 0 Å². The minimum absolute atomic E-state index is 0.0202. The minimum Gasteiger partial charge on any atom is -0.444 e. The predicted octanol–water partition coefficient (Wildman–Crippen LogP) is 1.83. The Balaban J connectivity index is 1.73. The van der Waals surface area contributed by atoms with Gasteiger partial charge < -0.3 is 15.1 Å². The fraction of sp³-hybridized carbons (Fsp3) is 0.500. The van der Waals surface area contributed by atoms with Crippen molar-refractivity contribution in [2.24, 2.45) is 0 Å². The second-order valence-corrected chi connectivity index (χ2v) is 5.12. The quantitative estimate of drug-likeness (QED) is 0.890. The van der Waals surface area contributed by atoms with Crippen LogP contribution in [0.1, 0.15) is 36.2 Å². The summed E-state index contributed by atoms with van der Waals surface area (Å²) in [5.74, 6) is -0.348. The van der Waals surface area contributed by atoms with E-state index in [4.69, 9.17) is 4.42 Å². The molecule has 98 valence electrons. The Labute approximate surface area is 113 Å². The van der Waals surface area contributed by atoms with Gasteiger partial charge in [-0.3, -0.25) is 9.59 Å². The maximum Gasteiger partial charge on any atom is 0.287 e. The van der Waals surface area contributed by atoms with Crippen molar-refractivity contribution >= 4 is 27.7 Å². The number of furan rings is 1. The molecule has 1 heterocycles. The Hall–Kier alpha value is -1.30. The third-order valence-corrected chi connectivity index (χ3v) is 3.35. The van der Waals surface area contributed by atoms with Gasteiger partial charge >= 0.3 is 0 Å². The van der Waals surface area contributed by atoms with Gasteiger partial charge in [-0.1, -0.05) is 12.8 Å². The molecule has 18 heavy (non-hydrogen) atoms. The SMILES string of the molecule is O=C(CNC(=O)c1ccc(Br)o1)NC1CCCC1. The fourth-order valence-electron chi connectivity index (χ4n) is 2.03. The van der Waals surface area contributed by atoms with E-state index < -0.39 is 0 Å². The molecule has 1 saturated carbocycles. The molecule has 1 fully saturated rings. The third-order valence-electron chi connectivity index (χ3n) is 2.93. The lowest BCUT2D eigenvalue weighted by Crippen LogP contribution is -2.40. The molecule has 1 aliphatic rings. The summed E-state index contributed by atoms with van der Waals surface area (Å²) in [6, 6.07) is 3.45. The predicted molar refractivity (Wildman–Crippen MR) is 69.1 cm³/mol. The second kappa shape index (κ2) is 6.04. The Bertz CT molecular complexity index is 438. The molecule has 1 aliphatic carbocycles. The molecule has 1 aromatic rings. The van der Waals surface area contributed by atoms with Gasteiger partial charge in [0.05, 0.1) is 6.54 Å². The smallest absolute Gasteiger partial charge is 0.287 e. The molecule has 1 aromatic heterocycles. The average molecular weight is 315 g/mol. The molecule has 2 N–H and O–H groups in total. The molecule has 5 nitrogen and oxygen atoms in total. The summed E-state index contributed by atoms with van der Waals surface area (Å²) in [6.45, 7) is -0.0202. The summed E-state index contributed by atoms with van der Waals surface area (Å²) in [4.78, 5) is 23.2. The zero-order chi connectivity index (χ0) is 13.0. The van der Waals surface area contributed by atoms with Gasteiger partial charge in [0.15, 0.2) is 10.4 Å². The van der Waals surface area contributed by atoms with Crippen LogP contribution in [-0.2, 0) is 4.79 Å². The van der Waals surface area contributed by atoms with Crippen LogP contribution in [0.15, 0.2) is 21.2 Å². The van der Waals surface area contributed by atoms with E-state index in [9.17, 15) is 9.59 Å². The molecular weight excluding hydrogens is 300 g/mol. The van der Waals surface area contributed by atoms with E-state index in [1.54, 1.807) is 12.1 Å². The number of carbonyl (C=O) groups is 2. The molecule has 2 amide bonds. The summed E-state index contributed by atoms with van der Waals surface area (Å²) in [5.41, 5.74) is 0. The molecule has 6 heteroatoms. The molecule has 0 aliphatic heterocycles. The van der Waals surface area contributed by atoms with E-state index in [0.29, 0.717) is 4.67 Å². The Morgan fingerprint density at radius 1 is 1.33 bits per heavy atom. The van der Waals surface area contributed by atoms with E-state index in [-0.39, 0.29) is 30.2 Å². The van der Waals surface area contributed by atoms with Crippen LogP contribution in [0.2, 0.25) is 0 Å². The highest BCUT2D eigenvalue weighted by atomic mass is 79.9. The van der Waals surface area contributed by atoms with E-state index in [2.05, 4.69) is 26.6 Å². The number of rotatable bonds is 4. The highest BCUT2D eigenvalue weighted by Crippen LogP contribution is 2.17. The standard InChI is InChI=1S/C12H15BrN2O3/c13-10-6-5-9(18-10)12(17)14-7-11(16)15-8-3-1-2-4-8/h5-6,8H,1-4,7H2,(H,14,17)(H,15,16). The normalized spacial score (nSPS) is 15.6. The summed E-state index contributed by atoms with van der Waals surface area (Å²) >= 11 is 3.11. The summed E-state index contributed by atoms with van der Waals surface area (Å²) < 4.78 is 5.57. The zero-order valence-corrected chi connectivity index (χ0v) is 11.5. The molecule has 0 bridgehead atoms. The van der Waals surface area contributed by atoms with Crippen LogP contribution in [0.3, 0.4) is 0 Å².